The number of carbonyl (C=O) groups is 3. The molecule has 21 unspecified atom stereocenters. The Morgan fingerprint density at radius 1 is 0.725 bits per heavy atom. The number of aliphatic hydroxyl groups excluding tert-OH is 6. The van der Waals surface area contributed by atoms with Gasteiger partial charge in [0.2, 0.25) is 6.29 Å². The van der Waals surface area contributed by atoms with Gasteiger partial charge in [0, 0.05) is 58.8 Å². The van der Waals surface area contributed by atoms with E-state index in [2.05, 4.69) is 0 Å². The first-order chi connectivity index (χ1) is 32.6. The van der Waals surface area contributed by atoms with E-state index in [4.69, 9.17) is 52.1 Å². The lowest BCUT2D eigenvalue weighted by atomic mass is 9.75. The van der Waals surface area contributed by atoms with E-state index >= 15 is 0 Å². The number of benzene rings is 2. The lowest BCUT2D eigenvalue weighted by Crippen LogP contribution is -2.56. The largest absolute Gasteiger partial charge is 0.507 e. The van der Waals surface area contributed by atoms with Crippen LogP contribution in [0.5, 0.6) is 17.2 Å². The van der Waals surface area contributed by atoms with Gasteiger partial charge >= 0.3 is 5.97 Å². The molecule has 4 aliphatic heterocycles. The van der Waals surface area contributed by atoms with Gasteiger partial charge in [-0.05, 0) is 64.1 Å². The third-order valence-corrected chi connectivity index (χ3v) is 13.6. The van der Waals surface area contributed by atoms with E-state index in [0.717, 1.165) is 0 Å². The first-order valence-electron chi connectivity index (χ1n) is 23.3. The third kappa shape index (κ3) is 11.4. The zero-order valence-corrected chi connectivity index (χ0v) is 39.7. The Balaban J connectivity index is 1.15. The molecule has 2 aromatic rings. The highest BCUT2D eigenvalue weighted by atomic mass is 16.7. The van der Waals surface area contributed by atoms with Gasteiger partial charge in [-0.15, -0.1) is 0 Å². The number of aromatic hydroxyl groups is 2. The maximum absolute atomic E-state index is 14.8. The molecule has 21 atom stereocenters. The van der Waals surface area contributed by atoms with E-state index in [0.29, 0.717) is 0 Å². The number of hydrogen-bond donors (Lipinski definition) is 8. The van der Waals surface area contributed by atoms with Crippen molar-refractivity contribution in [2.75, 3.05) is 14.2 Å². The molecular formula is C47H66O22. The molecule has 0 amide bonds. The predicted octanol–water partition coefficient (Wildman–Crippen LogP) is 0.396. The summed E-state index contributed by atoms with van der Waals surface area (Å²) in [5, 5.41) is 86.6. The summed E-state index contributed by atoms with van der Waals surface area (Å²) in [5.74, 6) is -4.67. The molecule has 8 N–H and O–H groups in total. The standard InChI is InChI=1S/C47H66O22/c1-17(48)38(53)43(58)46(60-8)26-11-24-9-23-10-25(66-34-16-31(65-22(6)49)45(21(5)64-34)68-33-14-29(52)44(59-7)20(4)63-33)12-27(50)36(23)41(56)37(24)42(57)47(26)69-35-15-30(40(55)19(3)62-35)67-32-13-28(51)39(54)18(2)61-32/h9-10,12,17-21,26,28-35,38-40,44-48,50-56H,11,13-16H2,1-8H3. The number of esters is 1. The zero-order chi connectivity index (χ0) is 50.3. The van der Waals surface area contributed by atoms with Crippen LogP contribution in [-0.4, -0.2) is 195 Å². The Morgan fingerprint density at radius 3 is 1.94 bits per heavy atom. The first-order valence-corrected chi connectivity index (χ1v) is 23.3. The number of ketones is 2. The SMILES string of the molecule is COC(C(=O)C(O)C(C)O)C1Cc2cc3cc(OC4CC(OC(C)=O)C(OC5CC(O)C(OC)C(C)O5)C(C)O4)cc(O)c3c(O)c2C(=O)C1OC1CC(OC2CC(O)C(O)C(C)O2)C(O)C(C)O1. The highest BCUT2D eigenvalue weighted by Gasteiger charge is 2.50. The summed E-state index contributed by atoms with van der Waals surface area (Å²) >= 11 is 0. The quantitative estimate of drug-likeness (QED) is 0.112. The normalized spacial score (nSPS) is 38.7. The highest BCUT2D eigenvalue weighted by Crippen LogP contribution is 2.46. The van der Waals surface area contributed by atoms with Crippen molar-refractivity contribution in [3.8, 4) is 17.2 Å². The van der Waals surface area contributed by atoms with E-state index in [1.807, 2.05) is 0 Å². The Labute approximate surface area is 398 Å². The van der Waals surface area contributed by atoms with Crippen LogP contribution in [0, 0.1) is 5.92 Å². The van der Waals surface area contributed by atoms with Crippen molar-refractivity contribution in [3.63, 3.8) is 0 Å². The highest BCUT2D eigenvalue weighted by molar-refractivity contribution is 6.11. The minimum atomic E-state index is -1.92. The Morgan fingerprint density at radius 2 is 1.32 bits per heavy atom. The average molecular weight is 983 g/mol. The second-order valence-corrected chi connectivity index (χ2v) is 18.7. The third-order valence-electron chi connectivity index (χ3n) is 13.6. The second kappa shape index (κ2) is 22.0. The molecule has 4 fully saturated rings. The molecule has 4 heterocycles. The van der Waals surface area contributed by atoms with E-state index in [1.165, 1.54) is 53.2 Å². The van der Waals surface area contributed by atoms with Gasteiger partial charge in [-0.25, -0.2) is 0 Å². The van der Waals surface area contributed by atoms with Crippen LogP contribution in [0.3, 0.4) is 0 Å². The van der Waals surface area contributed by atoms with Crippen molar-refractivity contribution in [2.45, 2.75) is 196 Å². The number of fused-ring (bicyclic) bond motifs is 2. The van der Waals surface area contributed by atoms with E-state index < -0.39 is 158 Å². The molecule has 0 spiro atoms. The van der Waals surface area contributed by atoms with Gasteiger partial charge in [0.05, 0.1) is 59.8 Å². The summed E-state index contributed by atoms with van der Waals surface area (Å²) < 4.78 is 65.3. The van der Waals surface area contributed by atoms with Crippen LogP contribution in [0.4, 0.5) is 0 Å². The predicted molar refractivity (Wildman–Crippen MR) is 234 cm³/mol. The number of Topliss-reactive ketones (excluding diaryl/α,β-unsaturated/α-hetero) is 2. The van der Waals surface area contributed by atoms with E-state index in [9.17, 15) is 55.2 Å². The van der Waals surface area contributed by atoms with Crippen LogP contribution in [-0.2, 0) is 63.4 Å². The maximum atomic E-state index is 14.8. The van der Waals surface area contributed by atoms with Crippen molar-refractivity contribution >= 4 is 28.3 Å². The Bertz CT molecular complexity index is 2110. The number of methoxy groups -OCH3 is 2. The van der Waals surface area contributed by atoms with Crippen molar-refractivity contribution in [3.05, 3.63) is 29.3 Å². The maximum Gasteiger partial charge on any atom is 0.303 e. The lowest BCUT2D eigenvalue weighted by Gasteiger charge is -2.43. The zero-order valence-electron chi connectivity index (χ0n) is 39.7. The van der Waals surface area contributed by atoms with Crippen LogP contribution in [0.1, 0.15) is 83.1 Å². The summed E-state index contributed by atoms with van der Waals surface area (Å²) in [4.78, 5) is 40.8. The number of hydrogen-bond acceptors (Lipinski definition) is 22. The Kier molecular flexibility index (Phi) is 16.9. The van der Waals surface area contributed by atoms with E-state index in [-0.39, 0.29) is 59.8 Å². The molecule has 0 bridgehead atoms. The van der Waals surface area contributed by atoms with Crippen LogP contribution in [0.2, 0.25) is 0 Å². The molecule has 5 aliphatic rings. The number of carbonyl (C=O) groups excluding carboxylic acids is 3. The molecule has 0 radical (unpaired) electrons. The Hall–Kier alpha value is -3.69. The molecule has 22 heteroatoms. The monoisotopic (exact) mass is 982 g/mol. The summed E-state index contributed by atoms with van der Waals surface area (Å²) in [6.07, 6.45) is -22.1. The molecule has 0 saturated carbocycles. The molecule has 0 aromatic heterocycles. The van der Waals surface area contributed by atoms with Gasteiger partial charge < -0.3 is 93.0 Å². The van der Waals surface area contributed by atoms with Crippen LogP contribution >= 0.6 is 0 Å². The van der Waals surface area contributed by atoms with Gasteiger partial charge in [0.25, 0.3) is 0 Å². The molecule has 2 aromatic carbocycles. The first kappa shape index (κ1) is 53.1. The second-order valence-electron chi connectivity index (χ2n) is 18.7. The fourth-order valence-corrected chi connectivity index (χ4v) is 10.2. The molecule has 4 saturated heterocycles. The van der Waals surface area contributed by atoms with Gasteiger partial charge in [-0.1, -0.05) is 0 Å². The number of ether oxygens (including phenoxy) is 11. The van der Waals surface area contributed by atoms with Crippen molar-refractivity contribution in [1.29, 1.82) is 0 Å². The van der Waals surface area contributed by atoms with Gasteiger partial charge in [0.15, 0.2) is 30.4 Å². The lowest BCUT2D eigenvalue weighted by molar-refractivity contribution is -0.311. The van der Waals surface area contributed by atoms with Gasteiger partial charge in [0.1, 0.15) is 66.1 Å². The van der Waals surface area contributed by atoms with Gasteiger partial charge in [-0.2, -0.15) is 0 Å². The molecule has 69 heavy (non-hydrogen) atoms. The molecule has 386 valence electrons. The smallest absolute Gasteiger partial charge is 0.303 e. The van der Waals surface area contributed by atoms with Crippen molar-refractivity contribution in [2.24, 2.45) is 5.92 Å². The summed E-state index contributed by atoms with van der Waals surface area (Å²) in [7, 11) is 2.66. The van der Waals surface area contributed by atoms with Gasteiger partial charge in [-0.3, -0.25) is 14.4 Å². The summed E-state index contributed by atoms with van der Waals surface area (Å²) in [6, 6.07) is 4.20. The molecular weight excluding hydrogens is 916 g/mol. The summed E-state index contributed by atoms with van der Waals surface area (Å²) in [6.45, 7) is 8.97. The van der Waals surface area contributed by atoms with E-state index in [1.54, 1.807) is 20.8 Å². The number of phenols is 2. The molecule has 1 aliphatic carbocycles. The number of aliphatic hydroxyl groups is 6. The fraction of sp³-hybridized carbons (Fsp3) is 0.723. The van der Waals surface area contributed by atoms with Crippen LogP contribution in [0.15, 0.2) is 18.2 Å². The van der Waals surface area contributed by atoms with Crippen molar-refractivity contribution < 1.29 is 107 Å². The number of phenolic OH excluding ortho intramolecular Hbond substituents is 2. The topological polar surface area (TPSA) is 315 Å². The van der Waals surface area contributed by atoms with Crippen molar-refractivity contribution in [1.82, 2.24) is 0 Å². The minimum Gasteiger partial charge on any atom is -0.507 e. The minimum absolute atomic E-state index is 0.0349. The fourth-order valence-electron chi connectivity index (χ4n) is 10.2. The number of rotatable bonds is 15. The molecule has 22 nitrogen and oxygen atoms in total. The summed E-state index contributed by atoms with van der Waals surface area (Å²) in [5.41, 5.74) is -0.0495. The van der Waals surface area contributed by atoms with Crippen LogP contribution < -0.4 is 4.74 Å². The molecule has 7 rings (SSSR count). The average Bonchev–Trinajstić information content (AvgIpc) is 3.26. The van der Waals surface area contributed by atoms with Crippen LogP contribution in [0.25, 0.3) is 10.8 Å².